The third-order valence-electron chi connectivity index (χ3n) is 4.80. The molecular weight excluding hydrogens is 342 g/mol. The molecule has 0 spiro atoms. The van der Waals surface area contributed by atoms with Crippen molar-refractivity contribution in [3.8, 4) is 10.4 Å². The first-order chi connectivity index (χ1) is 12.7. The summed E-state index contributed by atoms with van der Waals surface area (Å²) < 4.78 is 1.89. The van der Waals surface area contributed by atoms with E-state index in [1.807, 2.05) is 28.8 Å². The molecule has 26 heavy (non-hydrogen) atoms. The summed E-state index contributed by atoms with van der Waals surface area (Å²) in [4.78, 5) is 22.3. The number of nitrogens with zero attached hydrogens (tertiary/aromatic N) is 3. The highest BCUT2D eigenvalue weighted by Crippen LogP contribution is 2.31. The zero-order valence-corrected chi connectivity index (χ0v) is 16.7. The Morgan fingerprint density at radius 2 is 1.85 bits per heavy atom. The Morgan fingerprint density at radius 3 is 2.50 bits per heavy atom. The number of aromatic nitrogens is 2. The van der Waals surface area contributed by atoms with Crippen molar-refractivity contribution in [3.63, 3.8) is 0 Å². The molecule has 0 N–H and O–H groups in total. The third-order valence-corrected chi connectivity index (χ3v) is 5.87. The van der Waals surface area contributed by atoms with Gasteiger partial charge in [-0.15, -0.1) is 11.3 Å². The average Bonchev–Trinajstić information content (AvgIpc) is 3.10. The second kappa shape index (κ2) is 8.60. The number of likely N-dealkylation sites (N-methyl/N-ethyl adjacent to an activating group) is 1. The van der Waals surface area contributed by atoms with Crippen molar-refractivity contribution >= 4 is 21.6 Å². The summed E-state index contributed by atoms with van der Waals surface area (Å²) >= 11 is 1.61. The second-order valence-corrected chi connectivity index (χ2v) is 7.49. The standard InChI is InChI=1S/C21H27N3OS/c1-4-10-19-22-20-17(15-18(26-20)16-11-8-7-9-12-16)21(25)24(19)14-13-23(5-2)6-3/h7-9,11-12,15H,4-6,10,13-14H2,1-3H3. The zero-order chi connectivity index (χ0) is 18.5. The number of rotatable bonds is 8. The molecule has 138 valence electrons. The minimum absolute atomic E-state index is 0.101. The maximum atomic E-state index is 13.2. The lowest BCUT2D eigenvalue weighted by Crippen LogP contribution is -2.32. The van der Waals surface area contributed by atoms with Crippen LogP contribution in [0.15, 0.2) is 41.2 Å². The van der Waals surface area contributed by atoms with Crippen LogP contribution in [0.25, 0.3) is 20.7 Å². The number of hydrogen-bond acceptors (Lipinski definition) is 4. The SMILES string of the molecule is CCCc1nc2sc(-c3ccccc3)cc2c(=O)n1CCN(CC)CC. The second-order valence-electron chi connectivity index (χ2n) is 6.46. The first-order valence-corrected chi connectivity index (χ1v) is 10.3. The van der Waals surface area contributed by atoms with Gasteiger partial charge in [-0.25, -0.2) is 4.98 Å². The highest BCUT2D eigenvalue weighted by atomic mass is 32.1. The van der Waals surface area contributed by atoms with Gasteiger partial charge in [0.25, 0.3) is 5.56 Å². The fourth-order valence-electron chi connectivity index (χ4n) is 3.23. The first-order valence-electron chi connectivity index (χ1n) is 9.48. The Hall–Kier alpha value is -1.98. The molecule has 1 aromatic carbocycles. The Bertz CT molecular complexity index is 910. The molecule has 0 amide bonds. The van der Waals surface area contributed by atoms with Crippen molar-refractivity contribution in [1.82, 2.24) is 14.5 Å². The van der Waals surface area contributed by atoms with E-state index in [9.17, 15) is 4.79 Å². The molecular formula is C21H27N3OS. The third kappa shape index (κ3) is 3.89. The van der Waals surface area contributed by atoms with Crippen molar-refractivity contribution in [1.29, 1.82) is 0 Å². The lowest BCUT2D eigenvalue weighted by molar-refractivity contribution is 0.287. The summed E-state index contributed by atoms with van der Waals surface area (Å²) in [5.41, 5.74) is 1.24. The molecule has 0 aliphatic carbocycles. The molecule has 3 aromatic rings. The largest absolute Gasteiger partial charge is 0.302 e. The molecule has 0 aliphatic heterocycles. The molecule has 0 saturated heterocycles. The van der Waals surface area contributed by atoms with Crippen molar-refractivity contribution in [2.75, 3.05) is 19.6 Å². The van der Waals surface area contributed by atoms with E-state index < -0.39 is 0 Å². The number of aryl methyl sites for hydroxylation is 1. The van der Waals surface area contributed by atoms with E-state index in [0.29, 0.717) is 6.54 Å². The number of thiophene rings is 1. The first kappa shape index (κ1) is 18.8. The van der Waals surface area contributed by atoms with Crippen molar-refractivity contribution in [2.45, 2.75) is 40.2 Å². The summed E-state index contributed by atoms with van der Waals surface area (Å²) in [6.07, 6.45) is 1.82. The maximum absolute atomic E-state index is 13.2. The van der Waals surface area contributed by atoms with E-state index in [0.717, 1.165) is 59.0 Å². The number of fused-ring (bicyclic) bond motifs is 1. The van der Waals surface area contributed by atoms with Gasteiger partial charge in [0, 0.05) is 24.4 Å². The van der Waals surface area contributed by atoms with E-state index in [4.69, 9.17) is 4.98 Å². The Balaban J connectivity index is 2.04. The normalized spacial score (nSPS) is 11.5. The van der Waals surface area contributed by atoms with Crippen LogP contribution in [0.2, 0.25) is 0 Å². The molecule has 0 bridgehead atoms. The molecule has 2 heterocycles. The summed E-state index contributed by atoms with van der Waals surface area (Å²) in [6.45, 7) is 10.0. The summed E-state index contributed by atoms with van der Waals surface area (Å²) in [6, 6.07) is 12.2. The zero-order valence-electron chi connectivity index (χ0n) is 15.9. The molecule has 4 nitrogen and oxygen atoms in total. The molecule has 0 aliphatic rings. The van der Waals surface area contributed by atoms with E-state index in [1.54, 1.807) is 11.3 Å². The van der Waals surface area contributed by atoms with Gasteiger partial charge in [-0.05, 0) is 31.1 Å². The molecule has 2 aromatic heterocycles. The highest BCUT2D eigenvalue weighted by molar-refractivity contribution is 7.21. The van der Waals surface area contributed by atoms with Gasteiger partial charge in [-0.3, -0.25) is 9.36 Å². The average molecular weight is 370 g/mol. The molecule has 5 heteroatoms. The minimum Gasteiger partial charge on any atom is -0.302 e. The molecule has 0 unspecified atom stereocenters. The van der Waals surface area contributed by atoms with E-state index in [1.165, 1.54) is 0 Å². The molecule has 0 fully saturated rings. The van der Waals surface area contributed by atoms with Gasteiger partial charge in [-0.2, -0.15) is 0 Å². The van der Waals surface area contributed by atoms with Crippen LogP contribution in [0.5, 0.6) is 0 Å². The van der Waals surface area contributed by atoms with E-state index in [-0.39, 0.29) is 5.56 Å². The maximum Gasteiger partial charge on any atom is 0.262 e. The van der Waals surface area contributed by atoms with Gasteiger partial charge in [0.15, 0.2) is 0 Å². The topological polar surface area (TPSA) is 38.1 Å². The summed E-state index contributed by atoms with van der Waals surface area (Å²) in [5.74, 6) is 0.915. The minimum atomic E-state index is 0.101. The fraction of sp³-hybridized carbons (Fsp3) is 0.429. The van der Waals surface area contributed by atoms with E-state index in [2.05, 4.69) is 37.8 Å². The fourth-order valence-corrected chi connectivity index (χ4v) is 4.28. The van der Waals surface area contributed by atoms with Crippen LogP contribution in [0.3, 0.4) is 0 Å². The van der Waals surface area contributed by atoms with Crippen LogP contribution in [0.1, 0.15) is 33.0 Å². The number of benzene rings is 1. The summed E-state index contributed by atoms with van der Waals surface area (Å²) in [7, 11) is 0. The molecule has 0 radical (unpaired) electrons. The van der Waals surface area contributed by atoms with Gasteiger partial charge in [0.1, 0.15) is 10.7 Å². The van der Waals surface area contributed by atoms with Gasteiger partial charge < -0.3 is 4.90 Å². The van der Waals surface area contributed by atoms with Crippen molar-refractivity contribution < 1.29 is 0 Å². The quantitative estimate of drug-likeness (QED) is 0.590. The predicted molar refractivity (Wildman–Crippen MR) is 111 cm³/mol. The van der Waals surface area contributed by atoms with Crippen LogP contribution >= 0.6 is 11.3 Å². The smallest absolute Gasteiger partial charge is 0.262 e. The predicted octanol–water partition coefficient (Wildman–Crippen LogP) is 4.42. The van der Waals surface area contributed by atoms with Crippen LogP contribution < -0.4 is 5.56 Å². The Kier molecular flexibility index (Phi) is 6.22. The molecule has 0 atom stereocenters. The Morgan fingerprint density at radius 1 is 1.12 bits per heavy atom. The van der Waals surface area contributed by atoms with Crippen LogP contribution in [0, 0.1) is 0 Å². The van der Waals surface area contributed by atoms with Crippen LogP contribution in [-0.4, -0.2) is 34.1 Å². The molecule has 3 rings (SSSR count). The Labute approximate surface area is 159 Å². The van der Waals surface area contributed by atoms with Crippen molar-refractivity contribution in [3.05, 3.63) is 52.6 Å². The van der Waals surface area contributed by atoms with Gasteiger partial charge >= 0.3 is 0 Å². The summed E-state index contributed by atoms with van der Waals surface area (Å²) in [5, 5.41) is 0.744. The van der Waals surface area contributed by atoms with Gasteiger partial charge in [-0.1, -0.05) is 51.1 Å². The van der Waals surface area contributed by atoms with Crippen LogP contribution in [-0.2, 0) is 13.0 Å². The lowest BCUT2D eigenvalue weighted by atomic mass is 10.2. The van der Waals surface area contributed by atoms with Gasteiger partial charge in [0.2, 0.25) is 0 Å². The van der Waals surface area contributed by atoms with Crippen LogP contribution in [0.4, 0.5) is 0 Å². The highest BCUT2D eigenvalue weighted by Gasteiger charge is 2.15. The number of hydrogen-bond donors (Lipinski definition) is 0. The molecule has 0 saturated carbocycles. The lowest BCUT2D eigenvalue weighted by Gasteiger charge is -2.19. The van der Waals surface area contributed by atoms with Crippen molar-refractivity contribution in [2.24, 2.45) is 0 Å². The van der Waals surface area contributed by atoms with Gasteiger partial charge in [0.05, 0.1) is 5.39 Å². The monoisotopic (exact) mass is 369 g/mol. The van der Waals surface area contributed by atoms with E-state index >= 15 is 0 Å².